The highest BCUT2D eigenvalue weighted by molar-refractivity contribution is 7.98. The highest BCUT2D eigenvalue weighted by atomic mass is 32.2. The van der Waals surface area contributed by atoms with E-state index in [0.717, 1.165) is 16.1 Å². The Morgan fingerprint density at radius 3 is 2.48 bits per heavy atom. The first-order valence-corrected chi connectivity index (χ1v) is 7.49. The number of rotatable bonds is 5. The lowest BCUT2D eigenvalue weighted by molar-refractivity contribution is -0.384. The zero-order chi connectivity index (χ0) is 15.2. The minimum absolute atomic E-state index is 0.0203. The molecule has 1 amide bonds. The minimum Gasteiger partial charge on any atom is -0.325 e. The fraction of sp³-hybridized carbons (Fsp3) is 0.133. The monoisotopic (exact) mass is 302 g/mol. The maximum atomic E-state index is 12.0. The number of nitro groups is 1. The molecule has 2 aromatic rings. The van der Waals surface area contributed by atoms with Crippen molar-refractivity contribution in [2.24, 2.45) is 0 Å². The molecule has 2 rings (SSSR count). The van der Waals surface area contributed by atoms with Crippen molar-refractivity contribution in [2.75, 3.05) is 11.6 Å². The van der Waals surface area contributed by atoms with Gasteiger partial charge >= 0.3 is 0 Å². The number of hydrogen-bond donors (Lipinski definition) is 1. The van der Waals surface area contributed by atoms with Gasteiger partial charge in [-0.3, -0.25) is 14.9 Å². The molecule has 0 aliphatic rings. The summed E-state index contributed by atoms with van der Waals surface area (Å²) in [5.41, 5.74) is 1.53. The summed E-state index contributed by atoms with van der Waals surface area (Å²) in [4.78, 5) is 23.1. The molecule has 2 aromatic carbocycles. The summed E-state index contributed by atoms with van der Waals surface area (Å²) in [7, 11) is 0. The second kappa shape index (κ2) is 6.90. The summed E-state index contributed by atoms with van der Waals surface area (Å²) in [6.07, 6.45) is 2.13. The molecular weight excluding hydrogens is 288 g/mol. The van der Waals surface area contributed by atoms with E-state index in [-0.39, 0.29) is 18.0 Å². The van der Waals surface area contributed by atoms with Crippen molar-refractivity contribution in [3.63, 3.8) is 0 Å². The molecule has 108 valence electrons. The van der Waals surface area contributed by atoms with Gasteiger partial charge in [0, 0.05) is 17.0 Å². The first-order chi connectivity index (χ1) is 10.1. The van der Waals surface area contributed by atoms with Crippen LogP contribution in [0.3, 0.4) is 0 Å². The number of nitro benzene ring substituents is 1. The van der Waals surface area contributed by atoms with E-state index in [1.165, 1.54) is 12.1 Å². The molecular formula is C15H14N2O3S. The van der Waals surface area contributed by atoms with Crippen LogP contribution in [0.25, 0.3) is 0 Å². The number of carbonyl (C=O) groups excluding carboxylic acids is 1. The topological polar surface area (TPSA) is 72.2 Å². The van der Waals surface area contributed by atoms with Crippen LogP contribution in [0.1, 0.15) is 5.56 Å². The molecule has 1 N–H and O–H groups in total. The molecule has 0 unspecified atom stereocenters. The second-order valence-corrected chi connectivity index (χ2v) is 5.20. The van der Waals surface area contributed by atoms with E-state index in [4.69, 9.17) is 0 Å². The van der Waals surface area contributed by atoms with Gasteiger partial charge in [0.25, 0.3) is 5.69 Å². The van der Waals surface area contributed by atoms with Gasteiger partial charge < -0.3 is 5.32 Å². The van der Waals surface area contributed by atoms with Gasteiger partial charge in [0.15, 0.2) is 0 Å². The molecule has 0 saturated carbocycles. The number of para-hydroxylation sites is 1. The third-order valence-corrected chi connectivity index (χ3v) is 3.69. The van der Waals surface area contributed by atoms with Crippen LogP contribution in [0, 0.1) is 10.1 Å². The molecule has 21 heavy (non-hydrogen) atoms. The number of benzene rings is 2. The normalized spacial score (nSPS) is 10.1. The molecule has 5 nitrogen and oxygen atoms in total. The van der Waals surface area contributed by atoms with E-state index in [2.05, 4.69) is 5.32 Å². The lowest BCUT2D eigenvalue weighted by Gasteiger charge is -2.09. The number of amides is 1. The predicted molar refractivity (Wildman–Crippen MR) is 83.7 cm³/mol. The molecule has 0 aliphatic heterocycles. The Hall–Kier alpha value is -2.34. The van der Waals surface area contributed by atoms with Crippen LogP contribution in [0.5, 0.6) is 0 Å². The summed E-state index contributed by atoms with van der Waals surface area (Å²) in [6.45, 7) is 0. The molecule has 0 aromatic heterocycles. The molecule has 0 radical (unpaired) electrons. The molecule has 0 bridgehead atoms. The van der Waals surface area contributed by atoms with Crippen molar-refractivity contribution in [1.82, 2.24) is 0 Å². The third-order valence-electron chi connectivity index (χ3n) is 2.89. The van der Waals surface area contributed by atoms with Crippen LogP contribution in [-0.4, -0.2) is 17.1 Å². The molecule has 6 heteroatoms. The van der Waals surface area contributed by atoms with Crippen LogP contribution in [0.2, 0.25) is 0 Å². The Morgan fingerprint density at radius 1 is 1.19 bits per heavy atom. The van der Waals surface area contributed by atoms with Gasteiger partial charge in [-0.2, -0.15) is 0 Å². The quantitative estimate of drug-likeness (QED) is 0.521. The average molecular weight is 302 g/mol. The van der Waals surface area contributed by atoms with E-state index in [1.807, 2.05) is 30.5 Å². The summed E-state index contributed by atoms with van der Waals surface area (Å²) in [6, 6.07) is 13.6. The maximum absolute atomic E-state index is 12.0. The molecule has 0 atom stereocenters. The third kappa shape index (κ3) is 4.06. The maximum Gasteiger partial charge on any atom is 0.269 e. The zero-order valence-corrected chi connectivity index (χ0v) is 12.2. The van der Waals surface area contributed by atoms with Crippen molar-refractivity contribution in [3.05, 3.63) is 64.2 Å². The van der Waals surface area contributed by atoms with E-state index in [0.29, 0.717) is 0 Å². The van der Waals surface area contributed by atoms with Gasteiger partial charge in [-0.1, -0.05) is 24.3 Å². The Balaban J connectivity index is 2.03. The van der Waals surface area contributed by atoms with Gasteiger partial charge in [0.05, 0.1) is 17.0 Å². The van der Waals surface area contributed by atoms with Crippen LogP contribution in [-0.2, 0) is 11.2 Å². The van der Waals surface area contributed by atoms with Crippen LogP contribution in [0.4, 0.5) is 11.4 Å². The van der Waals surface area contributed by atoms with E-state index in [9.17, 15) is 14.9 Å². The summed E-state index contributed by atoms with van der Waals surface area (Å²) in [5.74, 6) is -0.148. The van der Waals surface area contributed by atoms with Crippen molar-refractivity contribution >= 4 is 29.0 Å². The van der Waals surface area contributed by atoms with E-state index in [1.54, 1.807) is 23.9 Å². The number of hydrogen-bond acceptors (Lipinski definition) is 4. The van der Waals surface area contributed by atoms with Gasteiger partial charge in [0.1, 0.15) is 0 Å². The number of carbonyl (C=O) groups is 1. The summed E-state index contributed by atoms with van der Waals surface area (Å²) in [5, 5.41) is 13.4. The number of thioether (sulfide) groups is 1. The van der Waals surface area contributed by atoms with Crippen LogP contribution < -0.4 is 5.32 Å². The second-order valence-electron chi connectivity index (χ2n) is 4.35. The first kappa shape index (κ1) is 15.1. The lowest BCUT2D eigenvalue weighted by atomic mass is 10.1. The number of nitrogens with one attached hydrogen (secondary N) is 1. The van der Waals surface area contributed by atoms with Crippen molar-refractivity contribution in [2.45, 2.75) is 11.3 Å². The van der Waals surface area contributed by atoms with Gasteiger partial charge in [-0.25, -0.2) is 0 Å². The summed E-state index contributed by atoms with van der Waals surface area (Å²) >= 11 is 1.56. The Kier molecular flexibility index (Phi) is 4.94. The Morgan fingerprint density at radius 2 is 1.86 bits per heavy atom. The lowest BCUT2D eigenvalue weighted by Crippen LogP contribution is -2.14. The van der Waals surface area contributed by atoms with E-state index >= 15 is 0 Å². The molecule has 0 fully saturated rings. The fourth-order valence-corrected chi connectivity index (χ4v) is 2.42. The SMILES string of the molecule is CSc1ccccc1NC(=O)Cc1ccc([N+](=O)[O-])cc1. The van der Waals surface area contributed by atoms with Crippen molar-refractivity contribution < 1.29 is 9.72 Å². The predicted octanol–water partition coefficient (Wildman–Crippen LogP) is 3.50. The zero-order valence-electron chi connectivity index (χ0n) is 11.4. The van der Waals surface area contributed by atoms with Crippen molar-refractivity contribution in [1.29, 1.82) is 0 Å². The molecule has 0 saturated heterocycles. The Bertz CT molecular complexity index is 656. The molecule has 0 heterocycles. The fourth-order valence-electron chi connectivity index (χ4n) is 1.86. The highest BCUT2D eigenvalue weighted by Crippen LogP contribution is 2.24. The van der Waals surface area contributed by atoms with Gasteiger partial charge in [0.2, 0.25) is 5.91 Å². The van der Waals surface area contributed by atoms with Gasteiger partial charge in [-0.15, -0.1) is 11.8 Å². The standard InChI is InChI=1S/C15H14N2O3S/c1-21-14-5-3-2-4-13(14)16-15(18)10-11-6-8-12(9-7-11)17(19)20/h2-9H,10H2,1H3,(H,16,18). The largest absolute Gasteiger partial charge is 0.325 e. The first-order valence-electron chi connectivity index (χ1n) is 6.26. The smallest absolute Gasteiger partial charge is 0.269 e. The van der Waals surface area contributed by atoms with E-state index < -0.39 is 4.92 Å². The number of anilines is 1. The Labute approximate surface area is 126 Å². The number of nitrogens with zero attached hydrogens (tertiary/aromatic N) is 1. The van der Waals surface area contributed by atoms with Crippen molar-refractivity contribution in [3.8, 4) is 0 Å². The average Bonchev–Trinajstić information content (AvgIpc) is 2.48. The van der Waals surface area contributed by atoms with Gasteiger partial charge in [-0.05, 0) is 24.0 Å². The van der Waals surface area contributed by atoms with Crippen LogP contribution >= 0.6 is 11.8 Å². The highest BCUT2D eigenvalue weighted by Gasteiger charge is 2.09. The summed E-state index contributed by atoms with van der Waals surface area (Å²) < 4.78 is 0. The minimum atomic E-state index is -0.460. The number of non-ortho nitro benzene ring substituents is 1. The molecule has 0 aliphatic carbocycles. The molecule has 0 spiro atoms. The van der Waals surface area contributed by atoms with Crippen LogP contribution in [0.15, 0.2) is 53.4 Å².